The van der Waals surface area contributed by atoms with Crippen LogP contribution in [0.4, 0.5) is 0 Å². The van der Waals surface area contributed by atoms with Crippen LogP contribution in [0.3, 0.4) is 0 Å². The standard InChI is InChI=1S/C56H122O11Si7/c1-8-15-22-29-36-43-50-68-59-71(53-46-39-32-25-18-11-4)61-69(57,51-44-37-30-23-16-9-2)63-73(55-48-41-34-27-20-13-6)64-70(58,52-45-38-31-24-17-10-3)62-72(60-68,54-47-40-33-26-19-12-5)66-74(65-71,67-73)56-49-42-35-28-21-14-7/h57-58,68H,8-56H2,1-7H3. The van der Waals surface area contributed by atoms with Gasteiger partial charge in [0.15, 0.2) is 0 Å². The molecule has 4 atom stereocenters. The molecule has 0 saturated carbocycles. The lowest BCUT2D eigenvalue weighted by Gasteiger charge is -2.56. The summed E-state index contributed by atoms with van der Waals surface area (Å²) in [7, 11) is -26.9. The molecule has 4 unspecified atom stereocenters. The highest BCUT2D eigenvalue weighted by molar-refractivity contribution is 6.97. The van der Waals surface area contributed by atoms with E-state index in [2.05, 4.69) is 48.5 Å². The molecule has 4 bridgehead atoms. The van der Waals surface area contributed by atoms with Gasteiger partial charge in [-0.2, -0.15) is 0 Å². The molecule has 0 aliphatic carbocycles. The van der Waals surface area contributed by atoms with Crippen molar-refractivity contribution in [3.63, 3.8) is 0 Å². The Balaban J connectivity index is 2.35. The van der Waals surface area contributed by atoms with Crippen LogP contribution in [0.2, 0.25) is 42.3 Å². The molecule has 3 aliphatic rings. The Morgan fingerprint density at radius 2 is 0.432 bits per heavy atom. The second kappa shape index (κ2) is 41.1. The molecule has 440 valence electrons. The zero-order valence-corrected chi connectivity index (χ0v) is 56.9. The van der Waals surface area contributed by atoms with Gasteiger partial charge in [-0.15, -0.1) is 0 Å². The van der Waals surface area contributed by atoms with Crippen LogP contribution in [-0.4, -0.2) is 71.7 Å². The molecule has 3 heterocycles. The van der Waals surface area contributed by atoms with Crippen molar-refractivity contribution in [1.82, 2.24) is 0 Å². The summed E-state index contributed by atoms with van der Waals surface area (Å²) < 4.78 is 69.8. The molecular weight excluding hydrogens is 1050 g/mol. The van der Waals surface area contributed by atoms with Crippen molar-refractivity contribution in [3.8, 4) is 0 Å². The Morgan fingerprint density at radius 3 is 0.730 bits per heavy atom. The minimum Gasteiger partial charge on any atom is -0.397 e. The number of rotatable bonds is 49. The van der Waals surface area contributed by atoms with Crippen LogP contribution in [0.25, 0.3) is 0 Å². The smallest absolute Gasteiger partial charge is 0.397 e. The van der Waals surface area contributed by atoms with Crippen molar-refractivity contribution in [2.75, 3.05) is 0 Å². The van der Waals surface area contributed by atoms with E-state index >= 15 is 0 Å². The summed E-state index contributed by atoms with van der Waals surface area (Å²) in [6, 6.07) is 3.69. The lowest BCUT2D eigenvalue weighted by Crippen LogP contribution is -2.80. The molecule has 2 N–H and O–H groups in total. The lowest BCUT2D eigenvalue weighted by atomic mass is 10.1. The molecule has 74 heavy (non-hydrogen) atoms. The Bertz CT molecular complexity index is 1290. The van der Waals surface area contributed by atoms with Crippen molar-refractivity contribution in [2.24, 2.45) is 0 Å². The van der Waals surface area contributed by atoms with E-state index in [1.165, 1.54) is 141 Å². The largest absolute Gasteiger partial charge is 0.483 e. The first kappa shape index (κ1) is 69.3. The van der Waals surface area contributed by atoms with Gasteiger partial charge < -0.3 is 46.6 Å². The summed E-state index contributed by atoms with van der Waals surface area (Å²) in [6.45, 7) is 15.9. The molecule has 3 aliphatic heterocycles. The quantitative estimate of drug-likeness (QED) is 0.0447. The lowest BCUT2D eigenvalue weighted by molar-refractivity contribution is 0.0202. The zero-order chi connectivity index (χ0) is 53.6. The summed E-state index contributed by atoms with van der Waals surface area (Å²) in [5.41, 5.74) is 0. The first-order valence-electron chi connectivity index (χ1n) is 32.7. The Kier molecular flexibility index (Phi) is 38.5. The first-order valence-corrected chi connectivity index (χ1v) is 46.1. The van der Waals surface area contributed by atoms with Crippen LogP contribution in [0.1, 0.15) is 318 Å². The van der Waals surface area contributed by atoms with Crippen LogP contribution in [0, 0.1) is 0 Å². The predicted octanol–water partition coefficient (Wildman–Crippen LogP) is 18.5. The van der Waals surface area contributed by atoms with E-state index < -0.39 is 62.1 Å². The maximum Gasteiger partial charge on any atom is 0.483 e. The summed E-state index contributed by atoms with van der Waals surface area (Å²) in [4.78, 5) is 27.2. The number of hydrogen-bond donors (Lipinski definition) is 2. The van der Waals surface area contributed by atoms with Gasteiger partial charge in [0.1, 0.15) is 0 Å². The second-order valence-corrected chi connectivity index (χ2v) is 43.6. The number of unbranched alkanes of at least 4 members (excludes halogenated alkanes) is 35. The van der Waals surface area contributed by atoms with Crippen LogP contribution >= 0.6 is 0 Å². The zero-order valence-electron chi connectivity index (χ0n) is 49.8. The van der Waals surface area contributed by atoms with Crippen molar-refractivity contribution in [2.45, 2.75) is 360 Å². The third-order valence-electron chi connectivity index (χ3n) is 15.6. The van der Waals surface area contributed by atoms with E-state index in [1.54, 1.807) is 0 Å². The molecule has 0 aromatic carbocycles. The fourth-order valence-corrected chi connectivity index (χ4v) is 48.8. The predicted molar refractivity (Wildman–Crippen MR) is 323 cm³/mol. The monoisotopic (exact) mass is 1170 g/mol. The van der Waals surface area contributed by atoms with Gasteiger partial charge in [0.2, 0.25) is 0 Å². The average molecular weight is 1170 g/mol. The normalized spacial score (nSPS) is 28.3. The van der Waals surface area contributed by atoms with Crippen LogP contribution in [0.15, 0.2) is 0 Å². The maximum absolute atomic E-state index is 13.6. The first-order chi connectivity index (χ1) is 36.0. The van der Waals surface area contributed by atoms with Gasteiger partial charge in [-0.3, -0.25) is 0 Å². The second-order valence-electron chi connectivity index (χ2n) is 23.2. The van der Waals surface area contributed by atoms with Crippen molar-refractivity contribution < 1.29 is 46.6 Å². The molecule has 3 fully saturated rings. The third-order valence-corrected chi connectivity index (χ3v) is 44.9. The summed E-state index contributed by atoms with van der Waals surface area (Å²) >= 11 is 0. The SMILES string of the molecule is CCCCCCCC[SiH]1O[Si]2(CCCCCCCC)O[Si](O)(CCCCCCCC)O[Si]3(CCCCCCCC)O[Si](O)(CCCCCCCC)O[Si](CCCCCCCC)(O1)O[Si](CCCCCCCC)(O2)O3. The fraction of sp³-hybridized carbons (Fsp3) is 1.00. The molecule has 0 aromatic heterocycles. The molecular formula is C56H122O11Si7. The van der Waals surface area contributed by atoms with Crippen molar-refractivity contribution in [1.29, 1.82) is 0 Å². The van der Waals surface area contributed by atoms with E-state index in [4.69, 9.17) is 37.0 Å². The van der Waals surface area contributed by atoms with E-state index in [-0.39, 0.29) is 0 Å². The molecule has 0 radical (unpaired) electrons. The Labute approximate surface area is 466 Å². The fourth-order valence-electron chi connectivity index (χ4n) is 11.2. The highest BCUT2D eigenvalue weighted by atomic mass is 28.6. The topological polar surface area (TPSA) is 124 Å². The molecule has 3 rings (SSSR count). The maximum atomic E-state index is 13.6. The molecule has 0 amide bonds. The summed E-state index contributed by atoms with van der Waals surface area (Å²) in [5, 5.41) is 0. The van der Waals surface area contributed by atoms with Gasteiger partial charge in [-0.1, -0.05) is 280 Å². The van der Waals surface area contributed by atoms with E-state index in [9.17, 15) is 9.59 Å². The minimum absolute atomic E-state index is 0.376. The van der Waals surface area contributed by atoms with Gasteiger partial charge in [0, 0.05) is 36.3 Å². The average Bonchev–Trinajstić information content (AvgIpc) is 3.35. The Morgan fingerprint density at radius 1 is 0.230 bits per heavy atom. The molecule has 0 aromatic rings. The highest BCUT2D eigenvalue weighted by Crippen LogP contribution is 2.48. The molecule has 3 saturated heterocycles. The highest BCUT2D eigenvalue weighted by Gasteiger charge is 2.74. The van der Waals surface area contributed by atoms with Crippen molar-refractivity contribution in [3.05, 3.63) is 0 Å². The van der Waals surface area contributed by atoms with Crippen LogP contribution < -0.4 is 0 Å². The molecule has 18 heteroatoms. The molecule has 11 nitrogen and oxygen atoms in total. The van der Waals surface area contributed by atoms with E-state index in [0.717, 1.165) is 134 Å². The van der Waals surface area contributed by atoms with E-state index in [1.807, 2.05) is 0 Å². The van der Waals surface area contributed by atoms with Gasteiger partial charge in [-0.05, 0) is 44.6 Å². The van der Waals surface area contributed by atoms with Crippen molar-refractivity contribution >= 4 is 62.1 Å². The van der Waals surface area contributed by atoms with E-state index in [0.29, 0.717) is 36.3 Å². The summed E-state index contributed by atoms with van der Waals surface area (Å²) in [5.74, 6) is 0. The van der Waals surface area contributed by atoms with Gasteiger partial charge >= 0.3 is 62.1 Å². The third kappa shape index (κ3) is 28.7. The van der Waals surface area contributed by atoms with Gasteiger partial charge in [0.25, 0.3) is 0 Å². The summed E-state index contributed by atoms with van der Waals surface area (Å²) in [6.07, 6.45) is 46.2. The minimum atomic E-state index is -4.21. The van der Waals surface area contributed by atoms with Gasteiger partial charge in [0.05, 0.1) is 0 Å². The van der Waals surface area contributed by atoms with Gasteiger partial charge in [-0.25, -0.2) is 0 Å². The van der Waals surface area contributed by atoms with Crippen LogP contribution in [-0.2, 0) is 37.0 Å². The number of hydrogen-bond acceptors (Lipinski definition) is 11. The molecule has 0 spiro atoms. The van der Waals surface area contributed by atoms with Crippen LogP contribution in [0.5, 0.6) is 0 Å². The number of fused-ring (bicyclic) bond motifs is 3. The Hall–Kier alpha value is 1.08.